The van der Waals surface area contributed by atoms with E-state index in [1.165, 1.54) is 20.9 Å². The number of benzene rings is 1. The predicted octanol–water partition coefficient (Wildman–Crippen LogP) is 4.71. The summed E-state index contributed by atoms with van der Waals surface area (Å²) in [5, 5.41) is 3.62. The average molecular weight is 366 g/mol. The highest BCUT2D eigenvalue weighted by molar-refractivity contribution is 9.10. The monoisotopic (exact) mass is 365 g/mol. The van der Waals surface area contributed by atoms with E-state index in [1.54, 1.807) is 0 Å². The summed E-state index contributed by atoms with van der Waals surface area (Å²) in [4.78, 5) is 2.80. The number of rotatable bonds is 5. The van der Waals surface area contributed by atoms with Gasteiger partial charge in [-0.2, -0.15) is 0 Å². The van der Waals surface area contributed by atoms with Crippen molar-refractivity contribution in [1.82, 2.24) is 5.32 Å². The molecule has 0 saturated heterocycles. The zero-order chi connectivity index (χ0) is 14.8. The molecule has 0 radical (unpaired) electrons. The van der Waals surface area contributed by atoms with Gasteiger partial charge < -0.3 is 10.1 Å². The molecule has 2 nitrogen and oxygen atoms in total. The van der Waals surface area contributed by atoms with Crippen LogP contribution in [0.3, 0.4) is 0 Å². The molecule has 0 aliphatic carbocycles. The Morgan fingerprint density at radius 1 is 1.33 bits per heavy atom. The van der Waals surface area contributed by atoms with E-state index in [9.17, 15) is 0 Å². The number of hydrogen-bond donors (Lipinski definition) is 1. The average Bonchev–Trinajstić information content (AvgIpc) is 3.12. The second kappa shape index (κ2) is 6.51. The topological polar surface area (TPSA) is 21.3 Å². The van der Waals surface area contributed by atoms with Gasteiger partial charge in [0.05, 0.1) is 12.6 Å². The van der Waals surface area contributed by atoms with Crippen molar-refractivity contribution in [2.24, 2.45) is 0 Å². The molecular weight excluding hydrogens is 346 g/mol. The molecule has 2 aromatic rings. The van der Waals surface area contributed by atoms with Crippen LogP contribution in [0, 0.1) is 0 Å². The fourth-order valence-electron chi connectivity index (χ4n) is 2.82. The molecule has 1 atom stereocenters. The van der Waals surface area contributed by atoms with Crippen molar-refractivity contribution in [3.05, 3.63) is 49.6 Å². The lowest BCUT2D eigenvalue weighted by molar-refractivity contribution is 0.350. The van der Waals surface area contributed by atoms with Crippen LogP contribution in [0.4, 0.5) is 0 Å². The normalized spacial score (nSPS) is 14.8. The van der Waals surface area contributed by atoms with Crippen molar-refractivity contribution < 1.29 is 4.74 Å². The van der Waals surface area contributed by atoms with Crippen molar-refractivity contribution in [3.8, 4) is 5.75 Å². The SMILES string of the molecule is CCNC(c1ccc(CC)s1)c1cc(Br)cc2c1OCC2. The molecular formula is C17H20BrNOS. The zero-order valence-corrected chi connectivity index (χ0v) is 14.8. The summed E-state index contributed by atoms with van der Waals surface area (Å²) in [5.41, 5.74) is 2.57. The summed E-state index contributed by atoms with van der Waals surface area (Å²) in [5.74, 6) is 1.08. The first kappa shape index (κ1) is 15.1. The molecule has 2 heterocycles. The van der Waals surface area contributed by atoms with Crippen LogP contribution >= 0.6 is 27.3 Å². The minimum atomic E-state index is 0.213. The highest BCUT2D eigenvalue weighted by atomic mass is 79.9. The van der Waals surface area contributed by atoms with Crippen LogP contribution in [0.2, 0.25) is 0 Å². The minimum absolute atomic E-state index is 0.213. The predicted molar refractivity (Wildman–Crippen MR) is 92.6 cm³/mol. The summed E-state index contributed by atoms with van der Waals surface area (Å²) < 4.78 is 7.05. The molecule has 0 amide bonds. The fraction of sp³-hybridized carbons (Fsp3) is 0.412. The maximum atomic E-state index is 5.91. The van der Waals surface area contributed by atoms with E-state index in [1.807, 2.05) is 11.3 Å². The first-order valence-electron chi connectivity index (χ1n) is 7.50. The van der Waals surface area contributed by atoms with Crippen LogP contribution in [-0.2, 0) is 12.8 Å². The molecule has 1 N–H and O–H groups in total. The third kappa shape index (κ3) is 3.03. The third-order valence-corrected chi connectivity index (χ3v) is 5.56. The van der Waals surface area contributed by atoms with Gasteiger partial charge in [-0.3, -0.25) is 0 Å². The van der Waals surface area contributed by atoms with Crippen LogP contribution in [0.25, 0.3) is 0 Å². The first-order valence-corrected chi connectivity index (χ1v) is 9.11. The second-order valence-electron chi connectivity index (χ2n) is 5.23. The van der Waals surface area contributed by atoms with Crippen LogP contribution in [-0.4, -0.2) is 13.2 Å². The number of aryl methyl sites for hydroxylation is 1. The Kier molecular flexibility index (Phi) is 4.67. The van der Waals surface area contributed by atoms with E-state index in [-0.39, 0.29) is 6.04 Å². The summed E-state index contributed by atoms with van der Waals surface area (Å²) in [6, 6.07) is 9.08. The van der Waals surface area contributed by atoms with Gasteiger partial charge in [0.25, 0.3) is 0 Å². The van der Waals surface area contributed by atoms with Crippen molar-refractivity contribution >= 4 is 27.3 Å². The lowest BCUT2D eigenvalue weighted by Crippen LogP contribution is -2.21. The molecule has 4 heteroatoms. The third-order valence-electron chi connectivity index (χ3n) is 3.81. The van der Waals surface area contributed by atoms with Gasteiger partial charge in [0.15, 0.2) is 0 Å². The van der Waals surface area contributed by atoms with E-state index in [0.29, 0.717) is 0 Å². The van der Waals surface area contributed by atoms with Gasteiger partial charge in [0.1, 0.15) is 5.75 Å². The number of nitrogens with one attached hydrogen (secondary N) is 1. The molecule has 1 aliphatic heterocycles. The molecule has 112 valence electrons. The maximum Gasteiger partial charge on any atom is 0.127 e. The molecule has 3 rings (SSSR count). The molecule has 1 aromatic carbocycles. The lowest BCUT2D eigenvalue weighted by atomic mass is 10.0. The van der Waals surface area contributed by atoms with Crippen molar-refractivity contribution in [3.63, 3.8) is 0 Å². The molecule has 0 bridgehead atoms. The van der Waals surface area contributed by atoms with Crippen molar-refractivity contribution in [2.45, 2.75) is 32.7 Å². The van der Waals surface area contributed by atoms with E-state index in [2.05, 4.69) is 59.4 Å². The minimum Gasteiger partial charge on any atom is -0.493 e. The molecule has 0 fully saturated rings. The standard InChI is InChI=1S/C17H20BrNOS/c1-3-13-5-6-15(21-13)16(19-4-2)14-10-12(18)9-11-7-8-20-17(11)14/h5-6,9-10,16,19H,3-4,7-8H2,1-2H3. The number of fused-ring (bicyclic) bond motifs is 1. The Hall–Kier alpha value is -0.840. The lowest BCUT2D eigenvalue weighted by Gasteiger charge is -2.20. The Morgan fingerprint density at radius 3 is 2.90 bits per heavy atom. The smallest absolute Gasteiger partial charge is 0.127 e. The number of ether oxygens (including phenoxy) is 1. The second-order valence-corrected chi connectivity index (χ2v) is 7.35. The van der Waals surface area contributed by atoms with E-state index < -0.39 is 0 Å². The number of halogens is 1. The summed E-state index contributed by atoms with van der Waals surface area (Å²) in [6.07, 6.45) is 2.10. The molecule has 1 aliphatic rings. The van der Waals surface area contributed by atoms with Crippen LogP contribution < -0.4 is 10.1 Å². The molecule has 1 unspecified atom stereocenters. The number of hydrogen-bond acceptors (Lipinski definition) is 3. The van der Waals surface area contributed by atoms with Gasteiger partial charge in [-0.15, -0.1) is 11.3 Å². The van der Waals surface area contributed by atoms with Gasteiger partial charge in [-0.1, -0.05) is 29.8 Å². The van der Waals surface area contributed by atoms with Crippen molar-refractivity contribution in [1.29, 1.82) is 0 Å². The largest absolute Gasteiger partial charge is 0.493 e. The number of thiophene rings is 1. The quantitative estimate of drug-likeness (QED) is 0.828. The van der Waals surface area contributed by atoms with Crippen LogP contribution in [0.5, 0.6) is 5.75 Å². The molecule has 0 spiro atoms. The van der Waals surface area contributed by atoms with E-state index in [0.717, 1.165) is 36.2 Å². The Morgan fingerprint density at radius 2 is 2.19 bits per heavy atom. The maximum absolute atomic E-state index is 5.91. The summed E-state index contributed by atoms with van der Waals surface area (Å²) >= 11 is 5.54. The zero-order valence-electron chi connectivity index (χ0n) is 12.4. The van der Waals surface area contributed by atoms with Crippen molar-refractivity contribution in [2.75, 3.05) is 13.2 Å². The highest BCUT2D eigenvalue weighted by Gasteiger charge is 2.25. The first-order chi connectivity index (χ1) is 10.2. The van der Waals surface area contributed by atoms with Gasteiger partial charge in [0.2, 0.25) is 0 Å². The fourth-order valence-corrected chi connectivity index (χ4v) is 4.39. The Labute approximate surface area is 138 Å². The summed E-state index contributed by atoms with van der Waals surface area (Å²) in [6.45, 7) is 6.09. The van der Waals surface area contributed by atoms with E-state index in [4.69, 9.17) is 4.74 Å². The Balaban J connectivity index is 2.05. The molecule has 21 heavy (non-hydrogen) atoms. The molecule has 1 aromatic heterocycles. The van der Waals surface area contributed by atoms with Crippen LogP contribution in [0.15, 0.2) is 28.7 Å². The summed E-state index contributed by atoms with van der Waals surface area (Å²) in [7, 11) is 0. The van der Waals surface area contributed by atoms with E-state index >= 15 is 0 Å². The van der Waals surface area contributed by atoms with Crippen LogP contribution in [0.1, 0.15) is 40.8 Å². The van der Waals surface area contributed by atoms with Gasteiger partial charge in [-0.25, -0.2) is 0 Å². The highest BCUT2D eigenvalue weighted by Crippen LogP contribution is 2.40. The molecule has 0 saturated carbocycles. The van der Waals surface area contributed by atoms with Gasteiger partial charge in [0, 0.05) is 26.2 Å². The van der Waals surface area contributed by atoms with Gasteiger partial charge in [-0.05, 0) is 42.8 Å². The Bertz CT molecular complexity index is 638. The van der Waals surface area contributed by atoms with Gasteiger partial charge >= 0.3 is 0 Å².